The van der Waals surface area contributed by atoms with E-state index in [4.69, 9.17) is 9.90 Å². The van der Waals surface area contributed by atoms with Crippen molar-refractivity contribution in [1.29, 1.82) is 0 Å². The molecule has 0 aliphatic rings. The smallest absolute Gasteiger partial charge is 0.224 e. The van der Waals surface area contributed by atoms with E-state index < -0.39 is 5.97 Å². The second-order valence-corrected chi connectivity index (χ2v) is 6.78. The van der Waals surface area contributed by atoms with E-state index in [0.717, 1.165) is 30.1 Å². The highest BCUT2D eigenvalue weighted by Gasteiger charge is 2.11. The molecule has 0 aliphatic carbocycles. The van der Waals surface area contributed by atoms with Crippen molar-refractivity contribution >= 4 is 22.9 Å². The van der Waals surface area contributed by atoms with Crippen molar-refractivity contribution < 1.29 is 24.7 Å². The number of hydrogen-bond acceptors (Lipinski definition) is 6. The molecule has 2 aromatic carbocycles. The molecule has 3 N–H and O–H groups in total. The minimum Gasteiger partial charge on any atom is -0.550 e. The quantitative estimate of drug-likeness (QED) is 0.473. The molecule has 0 unspecified atom stereocenters. The molecule has 0 fully saturated rings. The van der Waals surface area contributed by atoms with Gasteiger partial charge in [-0.05, 0) is 36.8 Å². The Morgan fingerprint density at radius 3 is 2.28 bits per heavy atom. The lowest BCUT2D eigenvalue weighted by molar-refractivity contribution is -0.856. The first-order chi connectivity index (χ1) is 13.8. The summed E-state index contributed by atoms with van der Waals surface area (Å²) in [5.41, 5.74) is 2.75. The number of nitrogens with zero attached hydrogens (tertiary/aromatic N) is 3. The number of carbonyl (C=O) groups is 2. The fraction of sp³-hybridized carbons (Fsp3) is 0.300. The predicted octanol–water partition coefficient (Wildman–Crippen LogP) is -1.31. The van der Waals surface area contributed by atoms with Crippen LogP contribution in [0.25, 0.3) is 16.7 Å². The molecule has 1 aromatic heterocycles. The monoisotopic (exact) mass is 399 g/mol. The van der Waals surface area contributed by atoms with Crippen molar-refractivity contribution in [3.05, 3.63) is 48.0 Å². The standard InChI is InChI=1S/C18H21N5O2.C2H4O2/c1-22(2)10-9-19-18(25)12-13-7-8-17(24)16(11-13)23-20-14-5-3-4-6-15(14)21-23;1-2(3)4/h3-8,11,24H,9-10,12H2,1-2H3,(H,19,25);1H3,(H,3,4). The van der Waals surface area contributed by atoms with E-state index in [1.54, 1.807) is 18.2 Å². The Hall–Kier alpha value is -3.46. The van der Waals surface area contributed by atoms with Gasteiger partial charge in [0.2, 0.25) is 5.91 Å². The Labute approximate surface area is 168 Å². The number of aliphatic carboxylic acids is 1. The van der Waals surface area contributed by atoms with Crippen LogP contribution in [0.1, 0.15) is 12.5 Å². The summed E-state index contributed by atoms with van der Waals surface area (Å²) < 4.78 is 0. The minimum absolute atomic E-state index is 0.0449. The molecule has 1 amide bonds. The Balaban J connectivity index is 0.000000687. The fourth-order valence-corrected chi connectivity index (χ4v) is 2.51. The van der Waals surface area contributed by atoms with Crippen molar-refractivity contribution in [2.75, 3.05) is 27.2 Å². The van der Waals surface area contributed by atoms with E-state index in [0.29, 0.717) is 12.2 Å². The highest BCUT2D eigenvalue weighted by Crippen LogP contribution is 2.23. The molecule has 154 valence electrons. The fourth-order valence-electron chi connectivity index (χ4n) is 2.51. The first-order valence-corrected chi connectivity index (χ1v) is 9.14. The van der Waals surface area contributed by atoms with E-state index in [1.165, 1.54) is 9.70 Å². The molecule has 0 spiro atoms. The maximum atomic E-state index is 12.0. The molecule has 29 heavy (non-hydrogen) atoms. The van der Waals surface area contributed by atoms with Gasteiger partial charge >= 0.3 is 0 Å². The number of quaternary nitrogens is 1. The molecule has 3 rings (SSSR count). The molecule has 3 aromatic rings. The summed E-state index contributed by atoms with van der Waals surface area (Å²) in [5, 5.41) is 30.7. The molecular formula is C20H25N5O4. The highest BCUT2D eigenvalue weighted by molar-refractivity contribution is 5.79. The summed E-state index contributed by atoms with van der Waals surface area (Å²) in [5.74, 6) is -1.06. The molecule has 0 saturated heterocycles. The molecule has 9 nitrogen and oxygen atoms in total. The van der Waals surface area contributed by atoms with E-state index in [-0.39, 0.29) is 18.1 Å². The molecular weight excluding hydrogens is 374 g/mol. The second kappa shape index (κ2) is 10.2. The number of aromatic hydroxyl groups is 1. The van der Waals surface area contributed by atoms with Gasteiger partial charge in [-0.2, -0.15) is 0 Å². The molecule has 1 heterocycles. The molecule has 0 saturated carbocycles. The molecule has 0 bridgehead atoms. The molecule has 0 radical (unpaired) electrons. The number of amides is 1. The van der Waals surface area contributed by atoms with Gasteiger partial charge in [-0.1, -0.05) is 18.2 Å². The van der Waals surface area contributed by atoms with Gasteiger partial charge in [-0.3, -0.25) is 4.79 Å². The normalized spacial score (nSPS) is 10.5. The van der Waals surface area contributed by atoms with Gasteiger partial charge in [0.05, 0.1) is 33.6 Å². The molecule has 9 heteroatoms. The number of likely N-dealkylation sites (N-methyl/N-ethyl adjacent to an activating group) is 1. The summed E-state index contributed by atoms with van der Waals surface area (Å²) in [4.78, 5) is 23.6. The number of nitrogens with one attached hydrogen (secondary N) is 2. The molecule has 0 atom stereocenters. The maximum Gasteiger partial charge on any atom is 0.224 e. The number of hydrogen-bond donors (Lipinski definition) is 3. The van der Waals surface area contributed by atoms with Crippen LogP contribution in [0, 0.1) is 0 Å². The third-order valence-electron chi connectivity index (χ3n) is 3.85. The lowest BCUT2D eigenvalue weighted by Gasteiger charge is -2.09. The SMILES string of the molecule is CC(=O)[O-].C[NH+](C)CCNC(=O)Cc1ccc(O)c(-n2nc3ccccc3n2)c1. The van der Waals surface area contributed by atoms with Crippen LogP contribution in [0.5, 0.6) is 5.75 Å². The van der Waals surface area contributed by atoms with Gasteiger partial charge in [0.1, 0.15) is 22.5 Å². The van der Waals surface area contributed by atoms with Gasteiger partial charge in [-0.15, -0.1) is 15.0 Å². The zero-order valence-corrected chi connectivity index (χ0v) is 16.7. The summed E-state index contributed by atoms with van der Waals surface area (Å²) in [6, 6.07) is 12.5. The number of benzene rings is 2. The molecule has 0 aliphatic heterocycles. The van der Waals surface area contributed by atoms with Gasteiger partial charge in [0.15, 0.2) is 0 Å². The average Bonchev–Trinajstić information content (AvgIpc) is 3.06. The van der Waals surface area contributed by atoms with E-state index >= 15 is 0 Å². The average molecular weight is 399 g/mol. The van der Waals surface area contributed by atoms with Crippen LogP contribution in [0.2, 0.25) is 0 Å². The maximum absolute atomic E-state index is 12.0. The van der Waals surface area contributed by atoms with Crippen molar-refractivity contribution in [2.24, 2.45) is 0 Å². The van der Waals surface area contributed by atoms with Gasteiger partial charge in [0.25, 0.3) is 0 Å². The minimum atomic E-state index is -1.08. The number of carboxylic acids is 1. The Kier molecular flexibility index (Phi) is 7.67. The van der Waals surface area contributed by atoms with Crippen molar-refractivity contribution in [1.82, 2.24) is 20.3 Å². The Bertz CT molecular complexity index is 947. The number of rotatable bonds is 6. The summed E-state index contributed by atoms with van der Waals surface area (Å²) in [6.07, 6.45) is 0.247. The van der Waals surface area contributed by atoms with Crippen LogP contribution in [-0.2, 0) is 16.0 Å². The van der Waals surface area contributed by atoms with Gasteiger partial charge < -0.3 is 25.2 Å². The van der Waals surface area contributed by atoms with Crippen LogP contribution < -0.4 is 15.3 Å². The van der Waals surface area contributed by atoms with E-state index in [1.807, 2.05) is 38.4 Å². The number of carbonyl (C=O) groups excluding carboxylic acids is 2. The van der Waals surface area contributed by atoms with E-state index in [9.17, 15) is 9.90 Å². The lowest BCUT2D eigenvalue weighted by atomic mass is 10.1. The van der Waals surface area contributed by atoms with Crippen molar-refractivity contribution in [3.63, 3.8) is 0 Å². The van der Waals surface area contributed by atoms with Crippen LogP contribution in [0.3, 0.4) is 0 Å². The highest BCUT2D eigenvalue weighted by atomic mass is 16.4. The lowest BCUT2D eigenvalue weighted by Crippen LogP contribution is -3.06. The second-order valence-electron chi connectivity index (χ2n) is 6.78. The zero-order chi connectivity index (χ0) is 21.4. The summed E-state index contributed by atoms with van der Waals surface area (Å²) in [6.45, 7) is 2.48. The largest absolute Gasteiger partial charge is 0.550 e. The predicted molar refractivity (Wildman–Crippen MR) is 106 cm³/mol. The van der Waals surface area contributed by atoms with Gasteiger partial charge in [-0.25, -0.2) is 0 Å². The first kappa shape index (κ1) is 21.8. The zero-order valence-electron chi connectivity index (χ0n) is 16.7. The third kappa shape index (κ3) is 6.89. The van der Waals surface area contributed by atoms with Crippen molar-refractivity contribution in [2.45, 2.75) is 13.3 Å². The number of fused-ring (bicyclic) bond motifs is 1. The topological polar surface area (TPSA) is 125 Å². The van der Waals surface area contributed by atoms with Crippen LogP contribution in [0.15, 0.2) is 42.5 Å². The first-order valence-electron chi connectivity index (χ1n) is 9.14. The summed E-state index contributed by atoms with van der Waals surface area (Å²) >= 11 is 0. The number of phenolic OH excluding ortho intramolecular Hbond substituents is 1. The van der Waals surface area contributed by atoms with Crippen LogP contribution in [0.4, 0.5) is 0 Å². The third-order valence-corrected chi connectivity index (χ3v) is 3.85. The number of phenols is 1. The number of carboxylic acid groups (broad SMARTS) is 1. The number of aromatic nitrogens is 3. The summed E-state index contributed by atoms with van der Waals surface area (Å²) in [7, 11) is 4.08. The van der Waals surface area contributed by atoms with Crippen molar-refractivity contribution in [3.8, 4) is 11.4 Å². The van der Waals surface area contributed by atoms with Gasteiger partial charge in [0, 0.05) is 5.97 Å². The Morgan fingerprint density at radius 1 is 1.14 bits per heavy atom. The van der Waals surface area contributed by atoms with Crippen LogP contribution in [-0.4, -0.2) is 59.2 Å². The van der Waals surface area contributed by atoms with E-state index in [2.05, 4.69) is 15.5 Å². The Morgan fingerprint density at radius 2 is 1.72 bits per heavy atom. The van der Waals surface area contributed by atoms with Crippen LogP contribution >= 0.6 is 0 Å².